The van der Waals surface area contributed by atoms with Crippen LogP contribution >= 0.6 is 0 Å². The third-order valence-corrected chi connectivity index (χ3v) is 7.99. The van der Waals surface area contributed by atoms with Crippen LogP contribution in [0.1, 0.15) is 226 Å². The van der Waals surface area contributed by atoms with Gasteiger partial charge in [0.05, 0.1) is 0 Å². The van der Waals surface area contributed by atoms with E-state index in [1.807, 2.05) is 0 Å². The zero-order valence-electron chi connectivity index (χ0n) is 29.8. The first kappa shape index (κ1) is 46.8. The standard InChI is InChI=1S/2C18H36O2.C2H5NO/c2*1-2-3-4-5-6-7-8-9-10-11-12-13-14-15-16-17-18(19)20;1-2(3)4/h2*2-17H2,1H3,(H,19,20);1H3,(H2,3,4). The van der Waals surface area contributed by atoms with Gasteiger partial charge < -0.3 is 15.9 Å². The summed E-state index contributed by atoms with van der Waals surface area (Å²) in [5, 5.41) is 17.0. The van der Waals surface area contributed by atoms with E-state index in [0.717, 1.165) is 25.7 Å². The summed E-state index contributed by atoms with van der Waals surface area (Å²) in [5.74, 6) is -1.64. The monoisotopic (exact) mass is 628 g/mol. The van der Waals surface area contributed by atoms with Crippen LogP contribution in [0, 0.1) is 0 Å². The fourth-order valence-electron chi connectivity index (χ4n) is 5.30. The highest BCUT2D eigenvalue weighted by molar-refractivity contribution is 5.70. The smallest absolute Gasteiger partial charge is 0.303 e. The van der Waals surface area contributed by atoms with E-state index in [1.54, 1.807) is 0 Å². The van der Waals surface area contributed by atoms with Crippen molar-refractivity contribution in [1.29, 1.82) is 0 Å². The summed E-state index contributed by atoms with van der Waals surface area (Å²) in [4.78, 5) is 29.9. The molecule has 0 aliphatic heterocycles. The summed E-state index contributed by atoms with van der Waals surface area (Å²) in [5.41, 5.74) is 4.47. The van der Waals surface area contributed by atoms with Crippen molar-refractivity contribution in [1.82, 2.24) is 0 Å². The molecule has 4 N–H and O–H groups in total. The van der Waals surface area contributed by atoms with Gasteiger partial charge in [0.2, 0.25) is 5.91 Å². The lowest BCUT2D eigenvalue weighted by Gasteiger charge is -2.03. The van der Waals surface area contributed by atoms with Crippen LogP contribution in [-0.4, -0.2) is 28.1 Å². The maximum absolute atomic E-state index is 10.3. The lowest BCUT2D eigenvalue weighted by Crippen LogP contribution is -2.01. The van der Waals surface area contributed by atoms with Crippen LogP contribution in [0.4, 0.5) is 0 Å². The summed E-state index contributed by atoms with van der Waals surface area (Å²) in [6.07, 6.45) is 40.4. The van der Waals surface area contributed by atoms with Crippen LogP contribution in [0.3, 0.4) is 0 Å². The van der Waals surface area contributed by atoms with Crippen LogP contribution in [0.25, 0.3) is 0 Å². The predicted molar refractivity (Wildman–Crippen MR) is 189 cm³/mol. The first-order valence-corrected chi connectivity index (χ1v) is 19.0. The molecule has 0 saturated heterocycles. The predicted octanol–water partition coefficient (Wildman–Crippen LogP) is 12.2. The quantitative estimate of drug-likeness (QED) is 0.0641. The van der Waals surface area contributed by atoms with Crippen LogP contribution in [0.2, 0.25) is 0 Å². The second-order valence-corrected chi connectivity index (χ2v) is 12.8. The average molecular weight is 628 g/mol. The molecule has 0 bridgehead atoms. The third-order valence-electron chi connectivity index (χ3n) is 7.99. The normalized spacial score (nSPS) is 10.4. The van der Waals surface area contributed by atoms with Crippen molar-refractivity contribution in [2.75, 3.05) is 0 Å². The van der Waals surface area contributed by atoms with E-state index in [9.17, 15) is 14.4 Å². The van der Waals surface area contributed by atoms with E-state index >= 15 is 0 Å². The molecular weight excluding hydrogens is 550 g/mol. The highest BCUT2D eigenvalue weighted by Crippen LogP contribution is 2.15. The van der Waals surface area contributed by atoms with Gasteiger partial charge in [0.15, 0.2) is 0 Å². The molecule has 0 fully saturated rings. The second-order valence-electron chi connectivity index (χ2n) is 12.8. The van der Waals surface area contributed by atoms with Crippen molar-refractivity contribution in [3.63, 3.8) is 0 Å². The molecule has 0 aromatic rings. The minimum Gasteiger partial charge on any atom is -0.481 e. The molecule has 0 aliphatic carbocycles. The lowest BCUT2D eigenvalue weighted by atomic mass is 10.0. The van der Waals surface area contributed by atoms with Gasteiger partial charge in [-0.25, -0.2) is 0 Å². The number of carboxylic acid groups (broad SMARTS) is 2. The SMILES string of the molecule is CC(N)=O.CCCCCCCCCCCCCCCCCC(=O)O.CCCCCCCCCCCCCCCCCC(=O)O. The molecule has 0 rings (SSSR count). The number of hydrogen-bond donors (Lipinski definition) is 3. The van der Waals surface area contributed by atoms with Crippen LogP contribution in [0.5, 0.6) is 0 Å². The Bertz CT molecular complexity index is 534. The Balaban J connectivity index is -0.000000680. The molecule has 0 aromatic carbocycles. The number of unbranched alkanes of at least 4 members (excludes halogenated alkanes) is 28. The molecule has 6 heteroatoms. The van der Waals surface area contributed by atoms with E-state index in [-0.39, 0.29) is 5.91 Å². The van der Waals surface area contributed by atoms with Crippen molar-refractivity contribution in [3.8, 4) is 0 Å². The molecule has 44 heavy (non-hydrogen) atoms. The maximum atomic E-state index is 10.3. The Labute approximate surface area is 274 Å². The van der Waals surface area contributed by atoms with E-state index in [2.05, 4.69) is 19.6 Å². The number of nitrogens with two attached hydrogens (primary N) is 1. The van der Waals surface area contributed by atoms with Crippen LogP contribution < -0.4 is 5.73 Å². The molecule has 6 nitrogen and oxygen atoms in total. The van der Waals surface area contributed by atoms with Crippen LogP contribution in [0.15, 0.2) is 0 Å². The number of carboxylic acids is 2. The number of rotatable bonds is 32. The van der Waals surface area contributed by atoms with Gasteiger partial charge in [-0.2, -0.15) is 0 Å². The average Bonchev–Trinajstić information content (AvgIpc) is 2.97. The Morgan fingerprint density at radius 2 is 0.500 bits per heavy atom. The number of aliphatic carboxylic acids is 2. The summed E-state index contributed by atoms with van der Waals surface area (Å²) in [7, 11) is 0. The fourth-order valence-corrected chi connectivity index (χ4v) is 5.30. The number of amides is 1. The topological polar surface area (TPSA) is 118 Å². The Morgan fingerprint density at radius 1 is 0.364 bits per heavy atom. The second kappa shape index (κ2) is 43.5. The molecule has 0 aliphatic rings. The van der Waals surface area contributed by atoms with Gasteiger partial charge in [-0.05, 0) is 12.8 Å². The van der Waals surface area contributed by atoms with Gasteiger partial charge in [-0.1, -0.05) is 194 Å². The summed E-state index contributed by atoms with van der Waals surface area (Å²) in [6, 6.07) is 0. The third kappa shape index (κ3) is 59.8. The van der Waals surface area contributed by atoms with Crippen molar-refractivity contribution >= 4 is 17.8 Å². The zero-order chi connectivity index (χ0) is 33.4. The largest absolute Gasteiger partial charge is 0.481 e. The number of carbonyl (C=O) groups excluding carboxylic acids is 1. The van der Waals surface area contributed by atoms with Gasteiger partial charge in [0, 0.05) is 19.8 Å². The number of carbonyl (C=O) groups is 3. The molecule has 0 unspecified atom stereocenters. The van der Waals surface area contributed by atoms with Gasteiger partial charge in [0.1, 0.15) is 0 Å². The molecular formula is C38H77NO5. The molecule has 0 heterocycles. The lowest BCUT2D eigenvalue weighted by molar-refractivity contribution is -0.138. The summed E-state index contributed by atoms with van der Waals surface area (Å²) >= 11 is 0. The fraction of sp³-hybridized carbons (Fsp3) is 0.921. The molecule has 0 radical (unpaired) electrons. The molecule has 0 saturated carbocycles. The van der Waals surface area contributed by atoms with Crippen molar-refractivity contribution < 1.29 is 24.6 Å². The van der Waals surface area contributed by atoms with Gasteiger partial charge in [-0.3, -0.25) is 14.4 Å². The first-order chi connectivity index (χ1) is 21.3. The van der Waals surface area contributed by atoms with Gasteiger partial charge >= 0.3 is 11.9 Å². The van der Waals surface area contributed by atoms with Crippen LogP contribution in [-0.2, 0) is 14.4 Å². The molecule has 0 spiro atoms. The van der Waals surface area contributed by atoms with Crippen molar-refractivity contribution in [3.05, 3.63) is 0 Å². The minimum absolute atomic E-state index is 0.333. The summed E-state index contributed by atoms with van der Waals surface area (Å²) in [6.45, 7) is 5.85. The van der Waals surface area contributed by atoms with E-state index in [0.29, 0.717) is 12.8 Å². The van der Waals surface area contributed by atoms with E-state index in [4.69, 9.17) is 10.2 Å². The number of hydrogen-bond acceptors (Lipinski definition) is 3. The van der Waals surface area contributed by atoms with Gasteiger partial charge in [0.25, 0.3) is 0 Å². The zero-order valence-corrected chi connectivity index (χ0v) is 29.8. The summed E-state index contributed by atoms with van der Waals surface area (Å²) < 4.78 is 0. The molecule has 264 valence electrons. The molecule has 0 aromatic heterocycles. The molecule has 1 amide bonds. The van der Waals surface area contributed by atoms with Crippen molar-refractivity contribution in [2.24, 2.45) is 5.73 Å². The Morgan fingerprint density at radius 3 is 0.636 bits per heavy atom. The number of primary amides is 1. The molecule has 0 atom stereocenters. The van der Waals surface area contributed by atoms with E-state index < -0.39 is 11.9 Å². The first-order valence-electron chi connectivity index (χ1n) is 19.0. The minimum atomic E-state index is -0.653. The maximum Gasteiger partial charge on any atom is 0.303 e. The highest BCUT2D eigenvalue weighted by atomic mass is 16.4. The van der Waals surface area contributed by atoms with Crippen molar-refractivity contribution in [2.45, 2.75) is 226 Å². The van der Waals surface area contributed by atoms with Gasteiger partial charge in [-0.15, -0.1) is 0 Å². The Hall–Kier alpha value is -1.59. The van der Waals surface area contributed by atoms with E-state index in [1.165, 1.54) is 174 Å². The highest BCUT2D eigenvalue weighted by Gasteiger charge is 1.98. The Kier molecular flexibility index (Phi) is 46.3.